The van der Waals surface area contributed by atoms with Gasteiger partial charge in [0, 0.05) is 38.4 Å². The van der Waals surface area contributed by atoms with E-state index < -0.39 is 0 Å². The molecular formula is C17H34N2O2. The van der Waals surface area contributed by atoms with Crippen molar-refractivity contribution >= 4 is 0 Å². The largest absolute Gasteiger partial charge is 0.392 e. The number of hydrogen-bond acceptors (Lipinski definition) is 4. The number of rotatable bonds is 4. The first-order valence-electron chi connectivity index (χ1n) is 8.53. The number of β-amino-alcohol motifs (C(OH)–C–C–N with tert-alkyl or cyclic N) is 1. The van der Waals surface area contributed by atoms with Gasteiger partial charge < -0.3 is 20.1 Å². The lowest BCUT2D eigenvalue weighted by Gasteiger charge is -2.45. The van der Waals surface area contributed by atoms with Gasteiger partial charge >= 0.3 is 0 Å². The zero-order valence-electron chi connectivity index (χ0n) is 14.3. The second-order valence-electron chi connectivity index (χ2n) is 8.28. The Kier molecular flexibility index (Phi) is 5.69. The number of hydrogen-bond donors (Lipinski definition) is 2. The van der Waals surface area contributed by atoms with Gasteiger partial charge in [0.2, 0.25) is 0 Å². The lowest BCUT2D eigenvalue weighted by atomic mass is 9.78. The summed E-state index contributed by atoms with van der Waals surface area (Å²) in [5.41, 5.74) is 0.451. The Balaban J connectivity index is 1.95. The van der Waals surface area contributed by atoms with E-state index >= 15 is 0 Å². The maximum atomic E-state index is 10.1. The zero-order chi connectivity index (χ0) is 15.5. The lowest BCUT2D eigenvalue weighted by Crippen LogP contribution is -2.53. The number of aliphatic hydroxyl groups is 1. The fourth-order valence-corrected chi connectivity index (χ4v) is 3.38. The number of nitrogens with one attached hydrogen (secondary N) is 1. The molecule has 0 saturated carbocycles. The highest BCUT2D eigenvalue weighted by Gasteiger charge is 2.37. The quantitative estimate of drug-likeness (QED) is 0.832. The predicted octanol–water partition coefficient (Wildman–Crippen LogP) is 1.87. The number of likely N-dealkylation sites (tertiary alicyclic amines) is 1. The van der Waals surface area contributed by atoms with E-state index in [9.17, 15) is 5.11 Å². The predicted molar refractivity (Wildman–Crippen MR) is 86.5 cm³/mol. The van der Waals surface area contributed by atoms with Crippen molar-refractivity contribution in [2.45, 2.75) is 58.6 Å². The summed E-state index contributed by atoms with van der Waals surface area (Å²) in [6, 6.07) is 0. The van der Waals surface area contributed by atoms with Crippen LogP contribution >= 0.6 is 0 Å². The molecular weight excluding hydrogens is 264 g/mol. The van der Waals surface area contributed by atoms with Gasteiger partial charge in [-0.3, -0.25) is 0 Å². The molecule has 2 fully saturated rings. The minimum absolute atomic E-state index is 0.154. The Morgan fingerprint density at radius 3 is 2.52 bits per heavy atom. The van der Waals surface area contributed by atoms with E-state index in [0.717, 1.165) is 58.7 Å². The highest BCUT2D eigenvalue weighted by molar-refractivity contribution is 4.91. The third-order valence-electron chi connectivity index (χ3n) is 5.11. The third-order valence-corrected chi connectivity index (χ3v) is 5.11. The van der Waals surface area contributed by atoms with Crippen LogP contribution in [0.2, 0.25) is 0 Å². The molecule has 0 aromatic heterocycles. The van der Waals surface area contributed by atoms with Crippen molar-refractivity contribution in [1.82, 2.24) is 10.2 Å². The SMILES string of the molecule is CC1CCN(CC2(CNC(C)(C)C)CCOCC2)CC1O. The first kappa shape index (κ1) is 17.2. The Labute approximate surface area is 130 Å². The average Bonchev–Trinajstić information content (AvgIpc) is 2.41. The van der Waals surface area contributed by atoms with E-state index in [1.54, 1.807) is 0 Å². The smallest absolute Gasteiger partial charge is 0.0693 e. The van der Waals surface area contributed by atoms with Crippen LogP contribution in [0.1, 0.15) is 47.0 Å². The molecule has 2 N–H and O–H groups in total. The number of piperidine rings is 1. The fraction of sp³-hybridized carbons (Fsp3) is 1.00. The van der Waals surface area contributed by atoms with Crippen molar-refractivity contribution in [3.05, 3.63) is 0 Å². The number of ether oxygens (including phenoxy) is 1. The van der Waals surface area contributed by atoms with Gasteiger partial charge in [0.05, 0.1) is 6.10 Å². The second kappa shape index (κ2) is 6.95. The van der Waals surface area contributed by atoms with Crippen molar-refractivity contribution in [2.75, 3.05) is 39.4 Å². The maximum Gasteiger partial charge on any atom is 0.0693 e. The van der Waals surface area contributed by atoms with Crippen LogP contribution in [0, 0.1) is 11.3 Å². The van der Waals surface area contributed by atoms with Crippen LogP contribution < -0.4 is 5.32 Å². The fourth-order valence-electron chi connectivity index (χ4n) is 3.38. The summed E-state index contributed by atoms with van der Waals surface area (Å²) in [7, 11) is 0. The van der Waals surface area contributed by atoms with Gasteiger partial charge in [-0.05, 0) is 57.9 Å². The van der Waals surface area contributed by atoms with Crippen LogP contribution in [0.15, 0.2) is 0 Å². The van der Waals surface area contributed by atoms with E-state index in [-0.39, 0.29) is 11.6 Å². The molecule has 0 radical (unpaired) electrons. The van der Waals surface area contributed by atoms with Crippen molar-refractivity contribution in [1.29, 1.82) is 0 Å². The van der Waals surface area contributed by atoms with Crippen molar-refractivity contribution in [2.24, 2.45) is 11.3 Å². The molecule has 0 aromatic carbocycles. The summed E-state index contributed by atoms with van der Waals surface area (Å²) in [4.78, 5) is 2.47. The van der Waals surface area contributed by atoms with E-state index in [2.05, 4.69) is 37.9 Å². The molecule has 124 valence electrons. The summed E-state index contributed by atoms with van der Waals surface area (Å²) in [6.07, 6.45) is 3.20. The molecule has 0 spiro atoms. The Morgan fingerprint density at radius 2 is 1.95 bits per heavy atom. The minimum Gasteiger partial charge on any atom is -0.392 e. The van der Waals surface area contributed by atoms with Crippen LogP contribution in [-0.4, -0.2) is 61.0 Å². The summed E-state index contributed by atoms with van der Waals surface area (Å²) >= 11 is 0. The molecule has 0 amide bonds. The van der Waals surface area contributed by atoms with Crippen LogP contribution in [-0.2, 0) is 4.74 Å². The number of nitrogens with zero attached hydrogens (tertiary/aromatic N) is 1. The molecule has 4 heteroatoms. The zero-order valence-corrected chi connectivity index (χ0v) is 14.3. The van der Waals surface area contributed by atoms with E-state index in [1.165, 1.54) is 0 Å². The Bertz CT molecular complexity index is 321. The molecule has 0 aromatic rings. The summed E-state index contributed by atoms with van der Waals surface area (Å²) in [6.45, 7) is 14.7. The molecule has 2 rings (SSSR count). The Morgan fingerprint density at radius 1 is 1.29 bits per heavy atom. The molecule has 2 saturated heterocycles. The van der Waals surface area contributed by atoms with Crippen molar-refractivity contribution in [3.8, 4) is 0 Å². The average molecular weight is 298 g/mol. The van der Waals surface area contributed by atoms with Gasteiger partial charge in [0.15, 0.2) is 0 Å². The molecule has 2 heterocycles. The van der Waals surface area contributed by atoms with E-state index in [4.69, 9.17) is 4.74 Å². The van der Waals surface area contributed by atoms with Crippen molar-refractivity contribution in [3.63, 3.8) is 0 Å². The molecule has 0 aliphatic carbocycles. The summed E-state index contributed by atoms with van der Waals surface area (Å²) < 4.78 is 5.59. The molecule has 2 aliphatic rings. The van der Waals surface area contributed by atoms with E-state index in [0.29, 0.717) is 11.3 Å². The van der Waals surface area contributed by atoms with Gasteiger partial charge in [0.1, 0.15) is 0 Å². The highest BCUT2D eigenvalue weighted by atomic mass is 16.5. The molecule has 4 nitrogen and oxygen atoms in total. The van der Waals surface area contributed by atoms with Gasteiger partial charge in [-0.2, -0.15) is 0 Å². The third kappa shape index (κ3) is 5.20. The standard InChI is InChI=1S/C17H34N2O2/c1-14-5-8-19(11-15(14)20)13-17(6-9-21-10-7-17)12-18-16(2,3)4/h14-15,18,20H,5-13H2,1-4H3. The lowest BCUT2D eigenvalue weighted by molar-refractivity contribution is -0.0325. The minimum atomic E-state index is -0.161. The van der Waals surface area contributed by atoms with Gasteiger partial charge in [0.25, 0.3) is 0 Å². The molecule has 2 aliphatic heterocycles. The van der Waals surface area contributed by atoms with E-state index in [1.807, 2.05) is 0 Å². The summed E-state index contributed by atoms with van der Waals surface area (Å²) in [5, 5.41) is 13.8. The Hall–Kier alpha value is -0.160. The second-order valence-corrected chi connectivity index (χ2v) is 8.28. The van der Waals surface area contributed by atoms with Gasteiger partial charge in [-0.1, -0.05) is 6.92 Å². The molecule has 2 atom stereocenters. The van der Waals surface area contributed by atoms with Gasteiger partial charge in [-0.15, -0.1) is 0 Å². The van der Waals surface area contributed by atoms with Crippen molar-refractivity contribution < 1.29 is 9.84 Å². The van der Waals surface area contributed by atoms with Crippen LogP contribution in [0.4, 0.5) is 0 Å². The molecule has 21 heavy (non-hydrogen) atoms. The summed E-state index contributed by atoms with van der Waals surface area (Å²) in [5.74, 6) is 0.444. The van der Waals surface area contributed by atoms with Crippen LogP contribution in [0.5, 0.6) is 0 Å². The van der Waals surface area contributed by atoms with Gasteiger partial charge in [-0.25, -0.2) is 0 Å². The molecule has 2 unspecified atom stereocenters. The molecule has 0 bridgehead atoms. The van der Waals surface area contributed by atoms with Crippen LogP contribution in [0.3, 0.4) is 0 Å². The maximum absolute atomic E-state index is 10.1. The monoisotopic (exact) mass is 298 g/mol. The number of aliphatic hydroxyl groups excluding tert-OH is 1. The topological polar surface area (TPSA) is 44.7 Å². The first-order chi connectivity index (χ1) is 9.80. The first-order valence-corrected chi connectivity index (χ1v) is 8.53. The normalized spacial score (nSPS) is 31.3. The van der Waals surface area contributed by atoms with Crippen LogP contribution in [0.25, 0.3) is 0 Å². The highest BCUT2D eigenvalue weighted by Crippen LogP contribution is 2.33.